The summed E-state index contributed by atoms with van der Waals surface area (Å²) in [5.41, 5.74) is 1.25. The second-order valence-electron chi connectivity index (χ2n) is 7.25. The minimum Gasteiger partial charge on any atom is -0.378 e. The van der Waals surface area contributed by atoms with Crippen LogP contribution in [0.5, 0.6) is 0 Å². The van der Waals surface area contributed by atoms with Gasteiger partial charge in [-0.15, -0.1) is 0 Å². The molecule has 0 radical (unpaired) electrons. The van der Waals surface area contributed by atoms with Gasteiger partial charge in [-0.3, -0.25) is 14.6 Å². The highest BCUT2D eigenvalue weighted by Gasteiger charge is 2.42. The first-order valence-electron chi connectivity index (χ1n) is 9.49. The van der Waals surface area contributed by atoms with Gasteiger partial charge in [-0.25, -0.2) is 0 Å². The zero-order valence-corrected chi connectivity index (χ0v) is 16.1. The number of rotatable bonds is 3. The molecule has 0 bridgehead atoms. The number of halogens is 1. The fraction of sp³-hybridized carbons (Fsp3) is 0.381. The Kier molecular flexibility index (Phi) is 5.59. The summed E-state index contributed by atoms with van der Waals surface area (Å²) in [4.78, 5) is 31.7. The van der Waals surface area contributed by atoms with E-state index in [1.165, 1.54) is 0 Å². The van der Waals surface area contributed by atoms with Crippen molar-refractivity contribution in [3.63, 3.8) is 0 Å². The van der Waals surface area contributed by atoms with Crippen molar-refractivity contribution in [2.24, 2.45) is 11.8 Å². The maximum absolute atomic E-state index is 12.9. The van der Waals surface area contributed by atoms with Gasteiger partial charge in [0.1, 0.15) is 0 Å². The van der Waals surface area contributed by atoms with Crippen molar-refractivity contribution in [3.05, 3.63) is 59.4 Å². The van der Waals surface area contributed by atoms with Crippen molar-refractivity contribution in [2.75, 3.05) is 25.0 Å². The van der Waals surface area contributed by atoms with Gasteiger partial charge < -0.3 is 15.0 Å². The molecular formula is C21H22ClN3O3. The van der Waals surface area contributed by atoms with E-state index in [0.717, 1.165) is 6.42 Å². The highest BCUT2D eigenvalue weighted by Crippen LogP contribution is 2.34. The molecule has 3 heterocycles. The first kappa shape index (κ1) is 18.9. The Bertz CT molecular complexity index is 861. The molecule has 0 aliphatic carbocycles. The smallest absolute Gasteiger partial charge is 0.253 e. The largest absolute Gasteiger partial charge is 0.378 e. The van der Waals surface area contributed by atoms with Crippen LogP contribution in [0.15, 0.2) is 48.8 Å². The summed E-state index contributed by atoms with van der Waals surface area (Å²) in [6.45, 7) is 1.68. The van der Waals surface area contributed by atoms with Crippen LogP contribution in [-0.4, -0.2) is 47.5 Å². The van der Waals surface area contributed by atoms with Crippen molar-refractivity contribution in [1.82, 2.24) is 9.88 Å². The number of hydrogen-bond donors (Lipinski definition) is 1. The van der Waals surface area contributed by atoms with Crippen LogP contribution in [0, 0.1) is 11.8 Å². The number of carbonyl (C=O) groups excluding carboxylic acids is 2. The van der Waals surface area contributed by atoms with Crippen LogP contribution in [0.2, 0.25) is 5.02 Å². The molecule has 0 spiro atoms. The number of nitrogens with one attached hydrogen (secondary N) is 1. The van der Waals surface area contributed by atoms with E-state index in [1.807, 2.05) is 11.0 Å². The van der Waals surface area contributed by atoms with Crippen molar-refractivity contribution in [1.29, 1.82) is 0 Å². The van der Waals surface area contributed by atoms with E-state index in [2.05, 4.69) is 10.3 Å². The molecule has 2 aliphatic rings. The minimum absolute atomic E-state index is 0.00168. The molecule has 1 aromatic heterocycles. The molecule has 2 saturated heterocycles. The number of ether oxygens (including phenoxy) is 1. The maximum Gasteiger partial charge on any atom is 0.253 e. The third-order valence-corrected chi connectivity index (χ3v) is 5.73. The number of fused-ring (bicyclic) bond motifs is 1. The molecule has 3 atom stereocenters. The van der Waals surface area contributed by atoms with Crippen molar-refractivity contribution < 1.29 is 14.3 Å². The van der Waals surface area contributed by atoms with E-state index in [0.29, 0.717) is 42.4 Å². The Hall–Kier alpha value is -2.44. The molecule has 2 amide bonds. The third kappa shape index (κ3) is 4.03. The fourth-order valence-corrected chi connectivity index (χ4v) is 4.29. The second-order valence-corrected chi connectivity index (χ2v) is 7.69. The van der Waals surface area contributed by atoms with Gasteiger partial charge in [0, 0.05) is 48.3 Å². The van der Waals surface area contributed by atoms with Crippen LogP contribution < -0.4 is 5.32 Å². The van der Waals surface area contributed by atoms with Crippen molar-refractivity contribution >= 4 is 29.1 Å². The highest BCUT2D eigenvalue weighted by atomic mass is 35.5. The standard InChI is InChI=1S/C21H22ClN3O3/c22-15-4-1-3-14(11-15)21(27)25-9-6-19-18(13-25)17(7-10-28-19)20(26)24-16-5-2-8-23-12-16/h1-5,8,11-12,17-19H,6-7,9-10,13H2,(H,24,26)/t17-,18+,19-/m1/s1. The lowest BCUT2D eigenvalue weighted by Gasteiger charge is -2.44. The van der Waals surface area contributed by atoms with E-state index in [9.17, 15) is 9.59 Å². The molecule has 6 nitrogen and oxygen atoms in total. The summed E-state index contributed by atoms with van der Waals surface area (Å²) in [6, 6.07) is 10.6. The van der Waals surface area contributed by atoms with Crippen LogP contribution in [0.4, 0.5) is 5.69 Å². The maximum atomic E-state index is 12.9. The fourth-order valence-electron chi connectivity index (χ4n) is 4.10. The van der Waals surface area contributed by atoms with Gasteiger partial charge in [0.15, 0.2) is 0 Å². The number of hydrogen-bond acceptors (Lipinski definition) is 4. The lowest BCUT2D eigenvalue weighted by atomic mass is 9.78. The average Bonchev–Trinajstić information content (AvgIpc) is 2.73. The predicted molar refractivity (Wildman–Crippen MR) is 106 cm³/mol. The zero-order valence-electron chi connectivity index (χ0n) is 15.4. The minimum atomic E-state index is -0.200. The van der Waals surface area contributed by atoms with Gasteiger partial charge in [-0.2, -0.15) is 0 Å². The number of benzene rings is 1. The highest BCUT2D eigenvalue weighted by molar-refractivity contribution is 6.30. The molecule has 1 aromatic carbocycles. The number of piperidine rings is 1. The monoisotopic (exact) mass is 399 g/mol. The number of carbonyl (C=O) groups is 2. The quantitative estimate of drug-likeness (QED) is 0.860. The second kappa shape index (κ2) is 8.29. The van der Waals surface area contributed by atoms with Crippen molar-refractivity contribution in [2.45, 2.75) is 18.9 Å². The zero-order chi connectivity index (χ0) is 19.5. The van der Waals surface area contributed by atoms with E-state index in [4.69, 9.17) is 16.3 Å². The topological polar surface area (TPSA) is 71.5 Å². The molecule has 0 unspecified atom stereocenters. The summed E-state index contributed by atoms with van der Waals surface area (Å²) in [5, 5.41) is 3.49. The molecule has 146 valence electrons. The molecule has 0 saturated carbocycles. The average molecular weight is 400 g/mol. The van der Waals surface area contributed by atoms with Crippen LogP contribution >= 0.6 is 11.6 Å². The summed E-state index contributed by atoms with van der Waals surface area (Å²) in [7, 11) is 0. The molecule has 2 aliphatic heterocycles. The molecule has 1 N–H and O–H groups in total. The van der Waals surface area contributed by atoms with Gasteiger partial charge in [0.2, 0.25) is 5.91 Å². The number of likely N-dealkylation sites (tertiary alicyclic amines) is 1. The molecule has 2 aromatic rings. The first-order chi connectivity index (χ1) is 13.6. The number of aromatic nitrogens is 1. The Morgan fingerprint density at radius 3 is 2.89 bits per heavy atom. The Balaban J connectivity index is 1.48. The van der Waals surface area contributed by atoms with E-state index in [-0.39, 0.29) is 29.8 Å². The molecular weight excluding hydrogens is 378 g/mol. The molecule has 2 fully saturated rings. The number of amides is 2. The normalized spacial score (nSPS) is 24.3. The number of anilines is 1. The molecule has 28 heavy (non-hydrogen) atoms. The summed E-state index contributed by atoms with van der Waals surface area (Å²) in [5.74, 6) is -0.322. The Morgan fingerprint density at radius 1 is 1.21 bits per heavy atom. The lowest BCUT2D eigenvalue weighted by Crippen LogP contribution is -2.53. The Labute approximate surface area is 168 Å². The summed E-state index contributed by atoms with van der Waals surface area (Å²) in [6.07, 6.45) is 4.67. The summed E-state index contributed by atoms with van der Waals surface area (Å²) >= 11 is 6.03. The van der Waals surface area contributed by atoms with E-state index < -0.39 is 0 Å². The van der Waals surface area contributed by atoms with Crippen LogP contribution in [0.3, 0.4) is 0 Å². The van der Waals surface area contributed by atoms with Crippen LogP contribution in [-0.2, 0) is 9.53 Å². The molecule has 7 heteroatoms. The Morgan fingerprint density at radius 2 is 2.11 bits per heavy atom. The van der Waals surface area contributed by atoms with Crippen LogP contribution in [0.25, 0.3) is 0 Å². The van der Waals surface area contributed by atoms with Crippen molar-refractivity contribution in [3.8, 4) is 0 Å². The predicted octanol–water partition coefficient (Wildman–Crippen LogP) is 3.24. The lowest BCUT2D eigenvalue weighted by molar-refractivity contribution is -0.135. The first-order valence-corrected chi connectivity index (χ1v) is 9.87. The number of pyridine rings is 1. The molecule has 4 rings (SSSR count). The van der Waals surface area contributed by atoms with Gasteiger partial charge in [-0.1, -0.05) is 17.7 Å². The van der Waals surface area contributed by atoms with Gasteiger partial charge in [0.25, 0.3) is 5.91 Å². The summed E-state index contributed by atoms with van der Waals surface area (Å²) < 4.78 is 5.91. The SMILES string of the molecule is O=C(Nc1cccnc1)[C@@H]1CCO[C@@H]2CCN(C(=O)c3cccc(Cl)c3)C[C@H]21. The number of nitrogens with zero attached hydrogens (tertiary/aromatic N) is 2. The van der Waals surface area contributed by atoms with Gasteiger partial charge >= 0.3 is 0 Å². The third-order valence-electron chi connectivity index (χ3n) is 5.49. The van der Waals surface area contributed by atoms with Crippen LogP contribution in [0.1, 0.15) is 23.2 Å². The van der Waals surface area contributed by atoms with Gasteiger partial charge in [0.05, 0.1) is 18.0 Å². The van der Waals surface area contributed by atoms with Gasteiger partial charge in [-0.05, 0) is 43.2 Å². The van der Waals surface area contributed by atoms with E-state index >= 15 is 0 Å². The van der Waals surface area contributed by atoms with E-state index in [1.54, 1.807) is 42.7 Å².